The van der Waals surface area contributed by atoms with Crippen molar-refractivity contribution in [2.75, 3.05) is 39.3 Å². The smallest absolute Gasteiger partial charge is 0.194 e. The van der Waals surface area contributed by atoms with Gasteiger partial charge in [-0.1, -0.05) is 0 Å². The van der Waals surface area contributed by atoms with Crippen LogP contribution in [0.15, 0.2) is 10.4 Å². The van der Waals surface area contributed by atoms with Gasteiger partial charge in [-0.2, -0.15) is 11.8 Å². The second-order valence-corrected chi connectivity index (χ2v) is 7.22. The Labute approximate surface area is 172 Å². The lowest BCUT2D eigenvalue weighted by molar-refractivity contribution is 0.119. The van der Waals surface area contributed by atoms with Gasteiger partial charge < -0.3 is 15.0 Å². The first-order valence-corrected chi connectivity index (χ1v) is 10.3. The van der Waals surface area contributed by atoms with Gasteiger partial charge in [-0.3, -0.25) is 4.99 Å². The zero-order valence-electron chi connectivity index (χ0n) is 15.4. The number of guanidine groups is 1. The number of thiazole rings is 1. The molecule has 0 bridgehead atoms. The number of hydrogen-bond acceptors (Lipinski definition) is 5. The number of halogens is 1. The molecule has 0 aliphatic heterocycles. The standard InChI is InChI=1S/C16H30N4OS2.HI/c1-6-17-16(18-9-7-8-10-22-5)20(3)11-14-12-23-15(19-14)13(2)21-4;/h12-13H,6-11H2,1-5H3,(H,17,18);1H. The summed E-state index contributed by atoms with van der Waals surface area (Å²) in [6.07, 6.45) is 4.55. The van der Waals surface area contributed by atoms with Crippen LogP contribution in [0.3, 0.4) is 0 Å². The van der Waals surface area contributed by atoms with Gasteiger partial charge in [0.25, 0.3) is 0 Å². The van der Waals surface area contributed by atoms with E-state index in [1.165, 1.54) is 12.2 Å². The van der Waals surface area contributed by atoms with E-state index < -0.39 is 0 Å². The summed E-state index contributed by atoms with van der Waals surface area (Å²) >= 11 is 3.54. The minimum atomic E-state index is 0. The van der Waals surface area contributed by atoms with Crippen molar-refractivity contribution in [2.45, 2.75) is 39.3 Å². The Morgan fingerprint density at radius 2 is 2.25 bits per heavy atom. The molecule has 0 saturated heterocycles. The molecule has 0 aliphatic rings. The normalized spacial score (nSPS) is 12.6. The lowest BCUT2D eigenvalue weighted by Crippen LogP contribution is -2.38. The number of rotatable bonds is 10. The first kappa shape index (κ1) is 23.9. The van der Waals surface area contributed by atoms with Crippen LogP contribution in [0.1, 0.15) is 43.5 Å². The van der Waals surface area contributed by atoms with Crippen molar-refractivity contribution >= 4 is 53.0 Å². The minimum Gasteiger partial charge on any atom is -0.375 e. The molecule has 1 aromatic rings. The SMILES string of the molecule is CCNC(=NCCCCSC)N(C)Cc1csc(C(C)OC)n1.I. The van der Waals surface area contributed by atoms with E-state index in [0.717, 1.165) is 42.7 Å². The van der Waals surface area contributed by atoms with Crippen molar-refractivity contribution in [1.82, 2.24) is 15.2 Å². The second kappa shape index (κ2) is 14.1. The third-order valence-corrected chi connectivity index (χ3v) is 5.14. The van der Waals surface area contributed by atoms with Gasteiger partial charge >= 0.3 is 0 Å². The molecule has 24 heavy (non-hydrogen) atoms. The number of methoxy groups -OCH3 is 1. The van der Waals surface area contributed by atoms with Crippen LogP contribution in [0.2, 0.25) is 0 Å². The van der Waals surface area contributed by atoms with Crippen molar-refractivity contribution in [3.63, 3.8) is 0 Å². The molecule has 140 valence electrons. The molecular formula is C16H31IN4OS2. The quantitative estimate of drug-likeness (QED) is 0.235. The number of aliphatic imine (C=N–C) groups is 1. The zero-order chi connectivity index (χ0) is 17.1. The van der Waals surface area contributed by atoms with Crippen LogP contribution in [0.25, 0.3) is 0 Å². The van der Waals surface area contributed by atoms with Gasteiger partial charge in [0.2, 0.25) is 0 Å². The van der Waals surface area contributed by atoms with Crippen molar-refractivity contribution in [1.29, 1.82) is 0 Å². The number of hydrogen-bond donors (Lipinski definition) is 1. The number of unbranched alkanes of at least 4 members (excludes halogenated alkanes) is 1. The molecule has 0 aliphatic carbocycles. The fourth-order valence-corrected chi connectivity index (χ4v) is 3.35. The molecule has 0 saturated carbocycles. The summed E-state index contributed by atoms with van der Waals surface area (Å²) < 4.78 is 5.32. The maximum Gasteiger partial charge on any atom is 0.194 e. The Bertz CT molecular complexity index is 471. The van der Waals surface area contributed by atoms with Gasteiger partial charge in [0.15, 0.2) is 5.96 Å². The summed E-state index contributed by atoms with van der Waals surface area (Å²) in [5.41, 5.74) is 1.06. The average Bonchev–Trinajstić information content (AvgIpc) is 3.01. The number of nitrogens with one attached hydrogen (secondary N) is 1. The summed E-state index contributed by atoms with van der Waals surface area (Å²) in [6.45, 7) is 6.61. The Balaban J connectivity index is 0.00000529. The Kier molecular flexibility index (Phi) is 14.1. The molecule has 1 N–H and O–H groups in total. The highest BCUT2D eigenvalue weighted by molar-refractivity contribution is 14.0. The molecule has 1 aromatic heterocycles. The molecule has 5 nitrogen and oxygen atoms in total. The molecule has 1 heterocycles. The van der Waals surface area contributed by atoms with Crippen LogP contribution in [-0.2, 0) is 11.3 Å². The van der Waals surface area contributed by atoms with Crippen LogP contribution in [0.5, 0.6) is 0 Å². The lowest BCUT2D eigenvalue weighted by atomic mass is 10.3. The molecule has 0 amide bonds. The van der Waals surface area contributed by atoms with Gasteiger partial charge in [-0.05, 0) is 38.7 Å². The minimum absolute atomic E-state index is 0. The Hall–Kier alpha value is -0.0600. The van der Waals surface area contributed by atoms with E-state index in [1.54, 1.807) is 18.4 Å². The lowest BCUT2D eigenvalue weighted by Gasteiger charge is -2.21. The molecular weight excluding hydrogens is 455 g/mol. The number of ether oxygens (including phenoxy) is 1. The van der Waals surface area contributed by atoms with Crippen LogP contribution < -0.4 is 5.32 Å². The third-order valence-electron chi connectivity index (χ3n) is 3.38. The van der Waals surface area contributed by atoms with Gasteiger partial charge in [-0.25, -0.2) is 4.98 Å². The molecule has 1 rings (SSSR count). The van der Waals surface area contributed by atoms with Crippen LogP contribution in [-0.4, -0.2) is 55.1 Å². The average molecular weight is 486 g/mol. The molecule has 1 unspecified atom stereocenters. The topological polar surface area (TPSA) is 49.8 Å². The summed E-state index contributed by atoms with van der Waals surface area (Å²) in [7, 11) is 3.77. The van der Waals surface area contributed by atoms with E-state index in [4.69, 9.17) is 9.73 Å². The van der Waals surface area contributed by atoms with Crippen molar-refractivity contribution < 1.29 is 4.74 Å². The Morgan fingerprint density at radius 3 is 2.88 bits per heavy atom. The predicted octanol–water partition coefficient (Wildman–Crippen LogP) is 4.01. The predicted molar refractivity (Wildman–Crippen MR) is 118 cm³/mol. The van der Waals surface area contributed by atoms with Gasteiger partial charge in [0.1, 0.15) is 11.1 Å². The summed E-state index contributed by atoms with van der Waals surface area (Å²) in [5, 5.41) is 6.48. The molecule has 0 fully saturated rings. The maximum absolute atomic E-state index is 5.32. The molecule has 0 spiro atoms. The van der Waals surface area contributed by atoms with E-state index in [9.17, 15) is 0 Å². The first-order chi connectivity index (χ1) is 11.1. The van der Waals surface area contributed by atoms with Crippen molar-refractivity contribution in [3.05, 3.63) is 16.1 Å². The fraction of sp³-hybridized carbons (Fsp3) is 0.750. The maximum atomic E-state index is 5.32. The number of aromatic nitrogens is 1. The molecule has 0 radical (unpaired) electrons. The monoisotopic (exact) mass is 486 g/mol. The Morgan fingerprint density at radius 1 is 1.50 bits per heavy atom. The van der Waals surface area contributed by atoms with E-state index in [-0.39, 0.29) is 30.1 Å². The molecule has 0 aromatic carbocycles. The zero-order valence-corrected chi connectivity index (χ0v) is 19.3. The van der Waals surface area contributed by atoms with Crippen LogP contribution >= 0.6 is 47.1 Å². The van der Waals surface area contributed by atoms with Crippen LogP contribution in [0.4, 0.5) is 0 Å². The highest BCUT2D eigenvalue weighted by Gasteiger charge is 2.12. The molecule has 8 heteroatoms. The van der Waals surface area contributed by atoms with E-state index in [0.29, 0.717) is 0 Å². The highest BCUT2D eigenvalue weighted by atomic mass is 127. The van der Waals surface area contributed by atoms with Gasteiger partial charge in [0.05, 0.1) is 12.2 Å². The second-order valence-electron chi connectivity index (χ2n) is 5.35. The number of nitrogens with zero attached hydrogens (tertiary/aromatic N) is 3. The van der Waals surface area contributed by atoms with Gasteiger partial charge in [0, 0.05) is 32.6 Å². The van der Waals surface area contributed by atoms with Crippen molar-refractivity contribution in [3.8, 4) is 0 Å². The highest BCUT2D eigenvalue weighted by Crippen LogP contribution is 2.20. The molecule has 1 atom stereocenters. The largest absolute Gasteiger partial charge is 0.375 e. The summed E-state index contributed by atoms with van der Waals surface area (Å²) in [5.74, 6) is 2.16. The van der Waals surface area contributed by atoms with Crippen LogP contribution in [0, 0.1) is 0 Å². The number of thioether (sulfide) groups is 1. The third kappa shape index (κ3) is 8.87. The fourth-order valence-electron chi connectivity index (χ4n) is 2.01. The van der Waals surface area contributed by atoms with E-state index >= 15 is 0 Å². The van der Waals surface area contributed by atoms with Crippen molar-refractivity contribution in [2.24, 2.45) is 4.99 Å². The first-order valence-electron chi connectivity index (χ1n) is 8.07. The van der Waals surface area contributed by atoms with Gasteiger partial charge in [-0.15, -0.1) is 35.3 Å². The summed E-state index contributed by atoms with van der Waals surface area (Å²) in [4.78, 5) is 11.5. The van der Waals surface area contributed by atoms with E-state index in [2.05, 4.69) is 40.8 Å². The van der Waals surface area contributed by atoms with E-state index in [1.807, 2.05) is 18.7 Å². The summed E-state index contributed by atoms with van der Waals surface area (Å²) in [6, 6.07) is 0.